The molecular formula is C19H28N6O. The fraction of sp³-hybridized carbons (Fsp3) is 0.632. The molecule has 7 heteroatoms. The van der Waals surface area contributed by atoms with Crippen molar-refractivity contribution in [1.82, 2.24) is 29.5 Å². The van der Waals surface area contributed by atoms with Gasteiger partial charge < -0.3 is 14.2 Å². The van der Waals surface area contributed by atoms with Gasteiger partial charge in [-0.3, -0.25) is 9.88 Å². The molecule has 0 amide bonds. The van der Waals surface area contributed by atoms with Gasteiger partial charge in [0.15, 0.2) is 0 Å². The summed E-state index contributed by atoms with van der Waals surface area (Å²) >= 11 is 0. The monoisotopic (exact) mass is 356 g/mol. The predicted molar refractivity (Wildman–Crippen MR) is 99.0 cm³/mol. The molecule has 7 nitrogen and oxygen atoms in total. The van der Waals surface area contributed by atoms with Gasteiger partial charge in [-0.1, -0.05) is 0 Å². The second-order valence-corrected chi connectivity index (χ2v) is 7.75. The average Bonchev–Trinajstić information content (AvgIpc) is 3.22. The highest BCUT2D eigenvalue weighted by atomic mass is 16.5. The minimum atomic E-state index is 0.225. The Morgan fingerprint density at radius 1 is 1.23 bits per heavy atom. The fourth-order valence-corrected chi connectivity index (χ4v) is 3.70. The first-order valence-electron chi connectivity index (χ1n) is 9.47. The molecule has 0 spiro atoms. The first-order chi connectivity index (χ1) is 12.6. The van der Waals surface area contributed by atoms with Crippen LogP contribution in [0, 0.1) is 6.92 Å². The Morgan fingerprint density at radius 2 is 2.08 bits per heavy atom. The second kappa shape index (κ2) is 7.32. The molecule has 0 N–H and O–H groups in total. The van der Waals surface area contributed by atoms with Gasteiger partial charge in [-0.05, 0) is 46.3 Å². The number of nitrogens with zero attached hydrogens (tertiary/aromatic N) is 6. The summed E-state index contributed by atoms with van der Waals surface area (Å²) in [6, 6.07) is 4.63. The lowest BCUT2D eigenvalue weighted by Gasteiger charge is -2.18. The lowest BCUT2D eigenvalue weighted by molar-refractivity contribution is 0.196. The maximum atomic E-state index is 6.22. The van der Waals surface area contributed by atoms with Crippen molar-refractivity contribution in [3.63, 3.8) is 0 Å². The van der Waals surface area contributed by atoms with Crippen LogP contribution in [-0.2, 0) is 13.1 Å². The van der Waals surface area contributed by atoms with E-state index < -0.39 is 0 Å². The van der Waals surface area contributed by atoms with Crippen molar-refractivity contribution in [2.75, 3.05) is 27.2 Å². The van der Waals surface area contributed by atoms with Gasteiger partial charge in [0.05, 0.1) is 12.2 Å². The van der Waals surface area contributed by atoms with E-state index in [1.54, 1.807) is 0 Å². The summed E-state index contributed by atoms with van der Waals surface area (Å²) in [4.78, 5) is 8.95. The zero-order valence-electron chi connectivity index (χ0n) is 15.9. The Balaban J connectivity index is 1.34. The van der Waals surface area contributed by atoms with E-state index in [0.29, 0.717) is 6.04 Å². The van der Waals surface area contributed by atoms with Gasteiger partial charge in [0.2, 0.25) is 0 Å². The maximum Gasteiger partial charge on any atom is 0.147 e. The molecule has 4 rings (SSSR count). The van der Waals surface area contributed by atoms with E-state index in [-0.39, 0.29) is 6.10 Å². The van der Waals surface area contributed by atoms with Gasteiger partial charge in [0.1, 0.15) is 23.5 Å². The van der Waals surface area contributed by atoms with Crippen molar-refractivity contribution in [2.45, 2.75) is 51.4 Å². The van der Waals surface area contributed by atoms with Crippen LogP contribution in [0.3, 0.4) is 0 Å². The number of rotatable bonds is 7. The van der Waals surface area contributed by atoms with Crippen LogP contribution in [0.4, 0.5) is 0 Å². The Labute approximate surface area is 155 Å². The predicted octanol–water partition coefficient (Wildman–Crippen LogP) is 2.03. The highest BCUT2D eigenvalue weighted by Gasteiger charge is 2.30. The third-order valence-corrected chi connectivity index (χ3v) is 5.01. The molecule has 1 atom stereocenters. The van der Waals surface area contributed by atoms with Gasteiger partial charge in [-0.2, -0.15) is 0 Å². The van der Waals surface area contributed by atoms with Crippen LogP contribution in [0.1, 0.15) is 42.6 Å². The molecule has 2 aromatic rings. The third-order valence-electron chi connectivity index (χ3n) is 5.01. The molecule has 2 aromatic heterocycles. The van der Waals surface area contributed by atoms with Gasteiger partial charge >= 0.3 is 0 Å². The van der Waals surface area contributed by atoms with E-state index in [2.05, 4.69) is 42.5 Å². The van der Waals surface area contributed by atoms with Gasteiger partial charge in [0, 0.05) is 37.9 Å². The van der Waals surface area contributed by atoms with E-state index in [9.17, 15) is 0 Å². The Bertz CT molecular complexity index is 754. The molecule has 0 bridgehead atoms. The summed E-state index contributed by atoms with van der Waals surface area (Å²) in [6.07, 6.45) is 5.62. The number of aryl methyl sites for hydroxylation is 1. The molecule has 1 saturated heterocycles. The largest absolute Gasteiger partial charge is 0.489 e. The molecule has 0 aromatic carbocycles. The number of likely N-dealkylation sites (tertiary alicyclic amines) is 1. The van der Waals surface area contributed by atoms with E-state index in [4.69, 9.17) is 4.74 Å². The molecule has 140 valence electrons. The van der Waals surface area contributed by atoms with Crippen LogP contribution < -0.4 is 4.74 Å². The summed E-state index contributed by atoms with van der Waals surface area (Å²) in [5.74, 6) is 3.06. The summed E-state index contributed by atoms with van der Waals surface area (Å²) in [7, 11) is 4.10. The first kappa shape index (κ1) is 17.4. The highest BCUT2D eigenvalue weighted by molar-refractivity contribution is 5.23. The summed E-state index contributed by atoms with van der Waals surface area (Å²) in [5, 5.41) is 8.69. The standard InChI is InChI=1S/C19H28N6O/c1-14-21-22-19(25(14)16-4-5-16)13-24-9-7-18(12-24)26-17-6-8-20-15(10-17)11-23(2)3/h6,8,10,16,18H,4-5,7,9,11-13H2,1-3H3. The van der Waals surface area contributed by atoms with Crippen molar-refractivity contribution in [3.8, 4) is 5.75 Å². The van der Waals surface area contributed by atoms with Crippen LogP contribution in [0.15, 0.2) is 18.3 Å². The van der Waals surface area contributed by atoms with Crippen molar-refractivity contribution in [1.29, 1.82) is 0 Å². The van der Waals surface area contributed by atoms with Gasteiger partial charge in [0.25, 0.3) is 0 Å². The SMILES string of the molecule is Cc1nnc(CN2CCC(Oc3ccnc(CN(C)C)c3)C2)n1C1CC1. The minimum Gasteiger partial charge on any atom is -0.489 e. The molecule has 1 aliphatic heterocycles. The van der Waals surface area contributed by atoms with Crippen LogP contribution in [0.25, 0.3) is 0 Å². The first-order valence-corrected chi connectivity index (χ1v) is 9.47. The zero-order chi connectivity index (χ0) is 18.1. The average molecular weight is 356 g/mol. The summed E-state index contributed by atoms with van der Waals surface area (Å²) < 4.78 is 8.54. The van der Waals surface area contributed by atoms with E-state index in [1.807, 2.05) is 26.4 Å². The molecule has 2 fully saturated rings. The van der Waals surface area contributed by atoms with Crippen molar-refractivity contribution >= 4 is 0 Å². The molecule has 1 saturated carbocycles. The van der Waals surface area contributed by atoms with Crippen LogP contribution in [0.5, 0.6) is 5.75 Å². The zero-order valence-corrected chi connectivity index (χ0v) is 15.9. The van der Waals surface area contributed by atoms with E-state index >= 15 is 0 Å². The van der Waals surface area contributed by atoms with Gasteiger partial charge in [-0.25, -0.2) is 0 Å². The summed E-state index contributed by atoms with van der Waals surface area (Å²) in [6.45, 7) is 5.71. The molecule has 1 unspecified atom stereocenters. The number of hydrogen-bond acceptors (Lipinski definition) is 6. The second-order valence-electron chi connectivity index (χ2n) is 7.75. The molecule has 2 aliphatic rings. The van der Waals surface area contributed by atoms with Crippen LogP contribution in [-0.4, -0.2) is 62.8 Å². The van der Waals surface area contributed by atoms with Crippen LogP contribution in [0.2, 0.25) is 0 Å². The molecule has 0 radical (unpaired) electrons. The topological polar surface area (TPSA) is 59.3 Å². The lowest BCUT2D eigenvalue weighted by atomic mass is 10.3. The number of hydrogen-bond donors (Lipinski definition) is 0. The minimum absolute atomic E-state index is 0.225. The maximum absolute atomic E-state index is 6.22. The number of pyridine rings is 1. The number of aromatic nitrogens is 4. The van der Waals surface area contributed by atoms with Crippen molar-refractivity contribution < 1.29 is 4.74 Å². The normalized spacial score (nSPS) is 20.8. The quantitative estimate of drug-likeness (QED) is 0.757. The fourth-order valence-electron chi connectivity index (χ4n) is 3.70. The van der Waals surface area contributed by atoms with E-state index in [1.165, 1.54) is 12.8 Å². The highest BCUT2D eigenvalue weighted by Crippen LogP contribution is 2.36. The molecule has 1 aliphatic carbocycles. The summed E-state index contributed by atoms with van der Waals surface area (Å²) in [5.41, 5.74) is 1.04. The smallest absolute Gasteiger partial charge is 0.147 e. The van der Waals surface area contributed by atoms with Gasteiger partial charge in [-0.15, -0.1) is 10.2 Å². The lowest BCUT2D eigenvalue weighted by Crippen LogP contribution is -2.26. The molecule has 26 heavy (non-hydrogen) atoms. The van der Waals surface area contributed by atoms with Crippen molar-refractivity contribution in [3.05, 3.63) is 35.7 Å². The Kier molecular flexibility index (Phi) is 4.91. The number of ether oxygens (including phenoxy) is 1. The van der Waals surface area contributed by atoms with Crippen molar-refractivity contribution in [2.24, 2.45) is 0 Å². The van der Waals surface area contributed by atoms with Crippen LogP contribution >= 0.6 is 0 Å². The molecular weight excluding hydrogens is 328 g/mol. The Morgan fingerprint density at radius 3 is 2.85 bits per heavy atom. The third kappa shape index (κ3) is 4.04. The van der Waals surface area contributed by atoms with E-state index in [0.717, 1.165) is 55.7 Å². The Hall–Kier alpha value is -1.99. The molecule has 3 heterocycles.